The lowest BCUT2D eigenvalue weighted by Crippen LogP contribution is -2.33. The predicted molar refractivity (Wildman–Crippen MR) is 72.3 cm³/mol. The van der Waals surface area contributed by atoms with Crippen molar-refractivity contribution in [3.05, 3.63) is 31.0 Å². The largest absolute Gasteiger partial charge is 0.468 e. The molecule has 0 bridgehead atoms. The zero-order valence-corrected chi connectivity index (χ0v) is 12.1. The van der Waals surface area contributed by atoms with Gasteiger partial charge in [0.05, 0.1) is 17.8 Å². The maximum Gasteiger partial charge on any atom is 0.364 e. The highest BCUT2D eigenvalue weighted by atomic mass is 32.2. The second-order valence-electron chi connectivity index (χ2n) is 3.58. The Kier molecular flexibility index (Phi) is 6.11. The highest BCUT2D eigenvalue weighted by molar-refractivity contribution is 8.00. The van der Waals surface area contributed by atoms with E-state index >= 15 is 0 Å². The van der Waals surface area contributed by atoms with Crippen molar-refractivity contribution in [3.8, 4) is 0 Å². The summed E-state index contributed by atoms with van der Waals surface area (Å²) in [5, 5.41) is 10.7. The smallest absolute Gasteiger partial charge is 0.364 e. The summed E-state index contributed by atoms with van der Waals surface area (Å²) in [4.78, 5) is 46.4. The molecule has 0 unspecified atom stereocenters. The molecule has 0 fully saturated rings. The first-order chi connectivity index (χ1) is 9.92. The second-order valence-corrected chi connectivity index (χ2v) is 4.55. The van der Waals surface area contributed by atoms with Gasteiger partial charge in [-0.2, -0.15) is 0 Å². The molecule has 0 aliphatic rings. The van der Waals surface area contributed by atoms with Crippen molar-refractivity contribution in [2.24, 2.45) is 0 Å². The third-order valence-corrected chi connectivity index (χ3v) is 3.36. The quantitative estimate of drug-likeness (QED) is 0.238. The fourth-order valence-corrected chi connectivity index (χ4v) is 2.30. The van der Waals surface area contributed by atoms with E-state index in [1.165, 1.54) is 0 Å². The van der Waals surface area contributed by atoms with Crippen molar-refractivity contribution in [1.82, 2.24) is 9.55 Å². The molecule has 1 rings (SSSR count). The number of esters is 1. The standard InChI is InChI=1S/C10H13N3O7S/c1-3-20-5-12-9(21-4-6(14)19-2)7(13(17)18)8(15)11-10(12)16/h3-5H2,1-2H3,(H,11,15,16). The van der Waals surface area contributed by atoms with Crippen molar-refractivity contribution in [2.75, 3.05) is 19.5 Å². The van der Waals surface area contributed by atoms with Gasteiger partial charge in [0.25, 0.3) is 0 Å². The minimum absolute atomic E-state index is 0.257. The number of aromatic amines is 1. The number of nitrogens with zero attached hydrogens (tertiary/aromatic N) is 2. The molecule has 11 heteroatoms. The molecular weight excluding hydrogens is 306 g/mol. The maximum atomic E-state index is 11.7. The van der Waals surface area contributed by atoms with Crippen LogP contribution >= 0.6 is 11.8 Å². The van der Waals surface area contributed by atoms with E-state index in [4.69, 9.17) is 4.74 Å². The Balaban J connectivity index is 3.36. The maximum absolute atomic E-state index is 11.7. The summed E-state index contributed by atoms with van der Waals surface area (Å²) in [5.74, 6) is -0.934. The molecule has 10 nitrogen and oxygen atoms in total. The highest BCUT2D eigenvalue weighted by Crippen LogP contribution is 2.24. The van der Waals surface area contributed by atoms with Gasteiger partial charge >= 0.3 is 22.9 Å². The number of aromatic nitrogens is 2. The number of carbonyl (C=O) groups is 1. The van der Waals surface area contributed by atoms with E-state index in [9.17, 15) is 24.5 Å². The Morgan fingerprint density at radius 2 is 2.14 bits per heavy atom. The van der Waals surface area contributed by atoms with Gasteiger partial charge in [-0.3, -0.25) is 29.3 Å². The van der Waals surface area contributed by atoms with Crippen LogP contribution in [0.15, 0.2) is 14.6 Å². The van der Waals surface area contributed by atoms with Crippen LogP contribution in [0, 0.1) is 10.1 Å². The van der Waals surface area contributed by atoms with Gasteiger partial charge in [0.2, 0.25) is 0 Å². The van der Waals surface area contributed by atoms with E-state index in [-0.39, 0.29) is 24.1 Å². The number of rotatable bonds is 7. The molecule has 1 heterocycles. The van der Waals surface area contributed by atoms with Gasteiger partial charge in [-0.1, -0.05) is 11.8 Å². The van der Waals surface area contributed by atoms with Crippen molar-refractivity contribution in [1.29, 1.82) is 0 Å². The molecule has 0 aliphatic carbocycles. The van der Waals surface area contributed by atoms with E-state index in [2.05, 4.69) is 4.74 Å². The van der Waals surface area contributed by atoms with E-state index < -0.39 is 27.8 Å². The van der Waals surface area contributed by atoms with Crippen LogP contribution in [-0.2, 0) is 21.0 Å². The predicted octanol–water partition coefficient (Wildman–Crippen LogP) is -0.296. The first-order valence-electron chi connectivity index (χ1n) is 5.71. The fourth-order valence-electron chi connectivity index (χ4n) is 1.33. The van der Waals surface area contributed by atoms with Gasteiger partial charge in [-0.15, -0.1) is 0 Å². The highest BCUT2D eigenvalue weighted by Gasteiger charge is 2.26. The van der Waals surface area contributed by atoms with E-state index in [0.29, 0.717) is 11.8 Å². The zero-order valence-electron chi connectivity index (χ0n) is 11.3. The Labute approximate surface area is 122 Å². The molecule has 0 atom stereocenters. The molecule has 0 saturated carbocycles. The Morgan fingerprint density at radius 1 is 1.48 bits per heavy atom. The number of hydrogen-bond acceptors (Lipinski definition) is 8. The second kappa shape index (κ2) is 7.59. The van der Waals surface area contributed by atoms with Crippen LogP contribution in [-0.4, -0.2) is 39.9 Å². The molecule has 0 amide bonds. The molecule has 0 aromatic carbocycles. The van der Waals surface area contributed by atoms with Crippen molar-refractivity contribution >= 4 is 23.4 Å². The van der Waals surface area contributed by atoms with E-state index in [0.717, 1.165) is 11.7 Å². The number of nitrogens with one attached hydrogen (secondary N) is 1. The molecule has 0 aliphatic heterocycles. The first kappa shape index (κ1) is 16.9. The average Bonchev–Trinajstić information content (AvgIpc) is 2.42. The zero-order chi connectivity index (χ0) is 16.0. The number of methoxy groups -OCH3 is 1. The summed E-state index contributed by atoms with van der Waals surface area (Å²) in [6.45, 7) is 1.66. The summed E-state index contributed by atoms with van der Waals surface area (Å²) >= 11 is 0.660. The lowest BCUT2D eigenvalue weighted by molar-refractivity contribution is -0.390. The molecule has 1 N–H and O–H groups in total. The van der Waals surface area contributed by atoms with Crippen molar-refractivity contribution in [3.63, 3.8) is 0 Å². The summed E-state index contributed by atoms with van der Waals surface area (Å²) < 4.78 is 10.3. The third kappa shape index (κ3) is 4.16. The number of thioether (sulfide) groups is 1. The number of ether oxygens (including phenoxy) is 2. The van der Waals surface area contributed by atoms with E-state index in [1.54, 1.807) is 6.92 Å². The number of carbonyl (C=O) groups excluding carboxylic acids is 1. The number of nitro groups is 1. The summed E-state index contributed by atoms with van der Waals surface area (Å²) in [6, 6.07) is 0. The Bertz CT molecular complexity index is 651. The van der Waals surface area contributed by atoms with Gasteiger partial charge in [-0.05, 0) is 6.92 Å². The monoisotopic (exact) mass is 319 g/mol. The molecular formula is C10H13N3O7S. The average molecular weight is 319 g/mol. The molecule has 1 aromatic heterocycles. The summed E-state index contributed by atoms with van der Waals surface area (Å²) in [7, 11) is 1.16. The van der Waals surface area contributed by atoms with Crippen LogP contribution in [0.5, 0.6) is 0 Å². The summed E-state index contributed by atoms with van der Waals surface area (Å²) in [5.41, 5.74) is -2.81. The normalized spacial score (nSPS) is 10.4. The molecule has 0 radical (unpaired) electrons. The van der Waals surface area contributed by atoms with Crippen LogP contribution in [0.2, 0.25) is 0 Å². The van der Waals surface area contributed by atoms with Gasteiger partial charge in [0, 0.05) is 6.61 Å². The number of H-pyrrole nitrogens is 1. The van der Waals surface area contributed by atoms with Crippen molar-refractivity contribution < 1.29 is 19.2 Å². The minimum Gasteiger partial charge on any atom is -0.468 e. The minimum atomic E-state index is -1.13. The fraction of sp³-hybridized carbons (Fsp3) is 0.500. The van der Waals surface area contributed by atoms with Gasteiger partial charge in [0.1, 0.15) is 6.73 Å². The molecule has 0 spiro atoms. The SMILES string of the molecule is CCOCn1c(SCC(=O)OC)c([N+](=O)[O-])c(=O)[nH]c1=O. The van der Waals surface area contributed by atoms with Crippen LogP contribution in [0.3, 0.4) is 0 Å². The van der Waals surface area contributed by atoms with Crippen LogP contribution in [0.25, 0.3) is 0 Å². The Hall–Kier alpha value is -2.14. The van der Waals surface area contributed by atoms with Gasteiger partial charge < -0.3 is 9.47 Å². The molecule has 116 valence electrons. The molecule has 1 aromatic rings. The van der Waals surface area contributed by atoms with E-state index in [1.807, 2.05) is 4.98 Å². The lowest BCUT2D eigenvalue weighted by atomic mass is 10.5. The Morgan fingerprint density at radius 3 is 2.67 bits per heavy atom. The lowest BCUT2D eigenvalue weighted by Gasteiger charge is -2.11. The van der Waals surface area contributed by atoms with Gasteiger partial charge in [-0.25, -0.2) is 4.79 Å². The summed E-state index contributed by atoms with van der Waals surface area (Å²) in [6.07, 6.45) is 0. The van der Waals surface area contributed by atoms with Gasteiger partial charge in [0.15, 0.2) is 5.03 Å². The first-order valence-corrected chi connectivity index (χ1v) is 6.69. The van der Waals surface area contributed by atoms with Crippen molar-refractivity contribution in [2.45, 2.75) is 18.7 Å². The molecule has 0 saturated heterocycles. The van der Waals surface area contributed by atoms with Crippen LogP contribution in [0.4, 0.5) is 5.69 Å². The van der Waals surface area contributed by atoms with Crippen LogP contribution in [0.1, 0.15) is 6.92 Å². The topological polar surface area (TPSA) is 134 Å². The number of hydrogen-bond donors (Lipinski definition) is 1. The third-order valence-electron chi connectivity index (χ3n) is 2.29. The van der Waals surface area contributed by atoms with Crippen LogP contribution < -0.4 is 11.2 Å². The molecule has 21 heavy (non-hydrogen) atoms.